The van der Waals surface area contributed by atoms with E-state index in [2.05, 4.69) is 17.0 Å². The number of aliphatic hydroxyl groups is 1. The monoisotopic (exact) mass is 401 g/mol. The molecule has 1 aliphatic carbocycles. The minimum Gasteiger partial charge on any atom is -0.380 e. The molecule has 27 heavy (non-hydrogen) atoms. The number of benzene rings is 2. The molecule has 4 heteroatoms. The predicted octanol–water partition coefficient (Wildman–Crippen LogP) is 5.86. The topological polar surface area (TPSA) is 23.5 Å². The van der Waals surface area contributed by atoms with Crippen molar-refractivity contribution in [2.75, 3.05) is 13.1 Å². The molecule has 2 heterocycles. The zero-order chi connectivity index (χ0) is 18.6. The summed E-state index contributed by atoms with van der Waals surface area (Å²) in [6.07, 6.45) is 6.92. The fourth-order valence-electron chi connectivity index (χ4n) is 5.86. The third-order valence-electron chi connectivity index (χ3n) is 6.93. The van der Waals surface area contributed by atoms with Crippen LogP contribution in [0.3, 0.4) is 0 Å². The lowest BCUT2D eigenvalue weighted by atomic mass is 9.74. The third-order valence-corrected chi connectivity index (χ3v) is 7.56. The van der Waals surface area contributed by atoms with Gasteiger partial charge in [-0.1, -0.05) is 53.9 Å². The molecule has 2 saturated heterocycles. The van der Waals surface area contributed by atoms with Crippen LogP contribution in [0, 0.1) is 5.92 Å². The molecule has 2 aromatic carbocycles. The second kappa shape index (κ2) is 6.77. The standard InChI is InChI=1S/C23H25Cl2NO/c24-18-9-3-7-16-17-8-4-10-19(25)22(17)23(27,21(16)18)14-15-6-5-13-26-12-2-1-11-20(15)26/h3-4,7-10,15,20,27H,1-2,5-6,11-14H2/t15-,20+/m0/s1. The molecule has 0 aromatic heterocycles. The Morgan fingerprint density at radius 2 is 1.52 bits per heavy atom. The van der Waals surface area contributed by atoms with Crippen LogP contribution in [0.2, 0.25) is 10.0 Å². The van der Waals surface area contributed by atoms with E-state index in [1.54, 1.807) is 0 Å². The van der Waals surface area contributed by atoms with Crippen molar-refractivity contribution in [3.63, 3.8) is 0 Å². The van der Waals surface area contributed by atoms with Crippen LogP contribution in [-0.4, -0.2) is 29.1 Å². The van der Waals surface area contributed by atoms with E-state index in [1.807, 2.05) is 24.3 Å². The minimum absolute atomic E-state index is 0.468. The second-order valence-corrected chi connectivity index (χ2v) is 9.20. The molecule has 142 valence electrons. The lowest BCUT2D eigenvalue weighted by molar-refractivity contribution is -0.00189. The highest BCUT2D eigenvalue weighted by molar-refractivity contribution is 6.33. The van der Waals surface area contributed by atoms with E-state index >= 15 is 0 Å². The summed E-state index contributed by atoms with van der Waals surface area (Å²) in [5.74, 6) is 0.468. The summed E-state index contributed by atoms with van der Waals surface area (Å²) in [6.45, 7) is 2.41. The highest BCUT2D eigenvalue weighted by Crippen LogP contribution is 2.56. The number of hydrogen-bond donors (Lipinski definition) is 1. The number of halogens is 2. The van der Waals surface area contributed by atoms with Crippen molar-refractivity contribution in [1.82, 2.24) is 4.90 Å². The van der Waals surface area contributed by atoms with E-state index < -0.39 is 5.60 Å². The molecule has 0 bridgehead atoms. The average molecular weight is 402 g/mol. The van der Waals surface area contributed by atoms with Crippen LogP contribution < -0.4 is 0 Å². The molecule has 0 unspecified atom stereocenters. The maximum absolute atomic E-state index is 12.1. The first kappa shape index (κ1) is 18.0. The van der Waals surface area contributed by atoms with Gasteiger partial charge in [-0.05, 0) is 74.4 Å². The molecule has 3 aliphatic rings. The molecule has 0 amide bonds. The number of hydrogen-bond acceptors (Lipinski definition) is 2. The molecule has 2 aromatic rings. The number of rotatable bonds is 2. The predicted molar refractivity (Wildman–Crippen MR) is 111 cm³/mol. The first-order valence-corrected chi connectivity index (χ1v) is 10.9. The first-order chi connectivity index (χ1) is 13.1. The molecule has 2 nitrogen and oxygen atoms in total. The van der Waals surface area contributed by atoms with E-state index in [9.17, 15) is 5.11 Å². The van der Waals surface area contributed by atoms with Gasteiger partial charge in [-0.3, -0.25) is 0 Å². The zero-order valence-electron chi connectivity index (χ0n) is 15.4. The Balaban J connectivity index is 1.61. The van der Waals surface area contributed by atoms with Gasteiger partial charge in [0, 0.05) is 27.2 Å². The van der Waals surface area contributed by atoms with Crippen molar-refractivity contribution in [3.8, 4) is 11.1 Å². The Bertz CT molecular complexity index is 827. The second-order valence-electron chi connectivity index (χ2n) is 8.39. The van der Waals surface area contributed by atoms with Crippen LogP contribution in [0.1, 0.15) is 49.7 Å². The van der Waals surface area contributed by atoms with E-state index in [-0.39, 0.29) is 0 Å². The van der Waals surface area contributed by atoms with Gasteiger partial charge in [-0.25, -0.2) is 0 Å². The Morgan fingerprint density at radius 3 is 2.19 bits per heavy atom. The lowest BCUT2D eigenvalue weighted by Crippen LogP contribution is -2.49. The van der Waals surface area contributed by atoms with Crippen molar-refractivity contribution < 1.29 is 5.11 Å². The molecule has 0 saturated carbocycles. The van der Waals surface area contributed by atoms with Crippen molar-refractivity contribution in [3.05, 3.63) is 57.6 Å². The summed E-state index contributed by atoms with van der Waals surface area (Å²) < 4.78 is 0. The van der Waals surface area contributed by atoms with E-state index in [1.165, 1.54) is 45.2 Å². The van der Waals surface area contributed by atoms with E-state index in [0.717, 1.165) is 22.3 Å². The third kappa shape index (κ3) is 2.76. The molecule has 0 radical (unpaired) electrons. The summed E-state index contributed by atoms with van der Waals surface area (Å²) in [5, 5.41) is 13.4. The van der Waals surface area contributed by atoms with Crippen LogP contribution in [-0.2, 0) is 5.60 Å². The zero-order valence-corrected chi connectivity index (χ0v) is 16.9. The molecule has 2 atom stereocenters. The summed E-state index contributed by atoms with van der Waals surface area (Å²) in [5.41, 5.74) is 2.65. The van der Waals surface area contributed by atoms with Crippen LogP contribution in [0.4, 0.5) is 0 Å². The molecule has 1 N–H and O–H groups in total. The van der Waals surface area contributed by atoms with Gasteiger partial charge in [0.05, 0.1) is 0 Å². The number of piperidine rings is 2. The highest BCUT2D eigenvalue weighted by Gasteiger charge is 2.48. The van der Waals surface area contributed by atoms with Gasteiger partial charge in [-0.15, -0.1) is 0 Å². The molecular formula is C23H25Cl2NO. The van der Waals surface area contributed by atoms with Gasteiger partial charge in [0.2, 0.25) is 0 Å². The highest BCUT2D eigenvalue weighted by atomic mass is 35.5. The van der Waals surface area contributed by atoms with Gasteiger partial charge < -0.3 is 10.0 Å². The van der Waals surface area contributed by atoms with Crippen LogP contribution in [0.25, 0.3) is 11.1 Å². The Labute approximate surface area is 171 Å². The van der Waals surface area contributed by atoms with Crippen molar-refractivity contribution in [1.29, 1.82) is 0 Å². The maximum Gasteiger partial charge on any atom is 0.119 e. The molecule has 5 rings (SSSR count). The van der Waals surface area contributed by atoms with E-state index in [4.69, 9.17) is 23.2 Å². The van der Waals surface area contributed by atoms with Crippen LogP contribution in [0.15, 0.2) is 36.4 Å². The normalized spacial score (nSPS) is 26.3. The van der Waals surface area contributed by atoms with Crippen molar-refractivity contribution in [2.24, 2.45) is 5.92 Å². The summed E-state index contributed by atoms with van der Waals surface area (Å²) in [7, 11) is 0. The fourth-order valence-corrected chi connectivity index (χ4v) is 6.52. The summed E-state index contributed by atoms with van der Waals surface area (Å²) in [6, 6.07) is 12.4. The van der Waals surface area contributed by atoms with Gasteiger partial charge >= 0.3 is 0 Å². The number of nitrogens with zero attached hydrogens (tertiary/aromatic N) is 1. The Morgan fingerprint density at radius 1 is 0.889 bits per heavy atom. The van der Waals surface area contributed by atoms with Crippen molar-refractivity contribution >= 4 is 23.2 Å². The van der Waals surface area contributed by atoms with Crippen LogP contribution in [0.5, 0.6) is 0 Å². The van der Waals surface area contributed by atoms with Gasteiger partial charge in [-0.2, -0.15) is 0 Å². The largest absolute Gasteiger partial charge is 0.380 e. The van der Waals surface area contributed by atoms with Crippen molar-refractivity contribution in [2.45, 2.75) is 50.2 Å². The first-order valence-electron chi connectivity index (χ1n) is 10.1. The lowest BCUT2D eigenvalue weighted by Gasteiger charge is -2.46. The number of fused-ring (bicyclic) bond motifs is 4. The van der Waals surface area contributed by atoms with Crippen LogP contribution >= 0.6 is 23.2 Å². The maximum atomic E-state index is 12.1. The smallest absolute Gasteiger partial charge is 0.119 e. The van der Waals surface area contributed by atoms with Gasteiger partial charge in [0.1, 0.15) is 5.60 Å². The molecule has 0 spiro atoms. The van der Waals surface area contributed by atoms with Gasteiger partial charge in [0.25, 0.3) is 0 Å². The van der Waals surface area contributed by atoms with E-state index in [0.29, 0.717) is 28.4 Å². The average Bonchev–Trinajstić information content (AvgIpc) is 2.93. The Kier molecular flexibility index (Phi) is 4.52. The fraction of sp³-hybridized carbons (Fsp3) is 0.478. The summed E-state index contributed by atoms with van der Waals surface area (Å²) in [4.78, 5) is 2.65. The quantitative estimate of drug-likeness (QED) is 0.680. The summed E-state index contributed by atoms with van der Waals surface area (Å²) >= 11 is 13.3. The minimum atomic E-state index is -1.10. The molecule has 2 fully saturated rings. The Hall–Kier alpha value is -1.06. The molecular weight excluding hydrogens is 377 g/mol. The SMILES string of the molecule is OC1(C[C@@H]2CCCN3CCCC[C@H]23)c2c(Cl)cccc2-c2cccc(Cl)c21. The molecule has 2 aliphatic heterocycles. The van der Waals surface area contributed by atoms with Gasteiger partial charge in [0.15, 0.2) is 0 Å².